The molecular weight excluding hydrogens is 325 g/mol. The van der Waals surface area contributed by atoms with Crippen LogP contribution in [0.5, 0.6) is 0 Å². The van der Waals surface area contributed by atoms with Gasteiger partial charge in [0.2, 0.25) is 0 Å². The molecule has 6 nitrogen and oxygen atoms in total. The molecule has 1 unspecified atom stereocenters. The van der Waals surface area contributed by atoms with Crippen molar-refractivity contribution in [2.75, 3.05) is 0 Å². The Morgan fingerprint density at radius 1 is 1.36 bits per heavy atom. The van der Waals surface area contributed by atoms with E-state index < -0.39 is 17.9 Å². The molecule has 25 heavy (non-hydrogen) atoms. The number of amides is 1. The molecule has 0 saturated heterocycles. The number of hydrogen-bond donors (Lipinski definition) is 2. The second-order valence-electron chi connectivity index (χ2n) is 6.15. The Kier molecular flexibility index (Phi) is 4.83. The number of aliphatic carboxylic acids is 1. The molecule has 1 aliphatic carbocycles. The van der Waals surface area contributed by atoms with Gasteiger partial charge in [-0.2, -0.15) is 5.10 Å². The number of carbonyl (C=O) groups excluding carboxylic acids is 1. The zero-order valence-corrected chi connectivity index (χ0v) is 14.0. The van der Waals surface area contributed by atoms with Crippen molar-refractivity contribution in [3.8, 4) is 5.69 Å². The van der Waals surface area contributed by atoms with Gasteiger partial charge in [-0.05, 0) is 50.3 Å². The maximum Gasteiger partial charge on any atom is 0.326 e. The number of carboxylic acid groups (broad SMARTS) is 1. The van der Waals surface area contributed by atoms with Gasteiger partial charge in [-0.15, -0.1) is 0 Å². The van der Waals surface area contributed by atoms with Crippen LogP contribution in [-0.4, -0.2) is 32.8 Å². The van der Waals surface area contributed by atoms with Gasteiger partial charge in [0.25, 0.3) is 5.91 Å². The summed E-state index contributed by atoms with van der Waals surface area (Å²) in [5.41, 5.74) is 2.51. The largest absolute Gasteiger partial charge is 0.480 e. The predicted molar refractivity (Wildman–Crippen MR) is 89.3 cm³/mol. The van der Waals surface area contributed by atoms with E-state index in [0.29, 0.717) is 12.1 Å². The van der Waals surface area contributed by atoms with Gasteiger partial charge in [0.15, 0.2) is 5.69 Å². The molecule has 1 atom stereocenters. The Bertz CT molecular complexity index is 816. The lowest BCUT2D eigenvalue weighted by molar-refractivity contribution is -0.139. The van der Waals surface area contributed by atoms with Gasteiger partial charge in [0.1, 0.15) is 11.9 Å². The topological polar surface area (TPSA) is 84.2 Å². The highest BCUT2D eigenvalue weighted by Gasteiger charge is 2.28. The Morgan fingerprint density at radius 3 is 2.80 bits per heavy atom. The summed E-state index contributed by atoms with van der Waals surface area (Å²) in [6, 6.07) is 5.10. The average Bonchev–Trinajstić information content (AvgIpc) is 2.99. The summed E-state index contributed by atoms with van der Waals surface area (Å²) in [4.78, 5) is 23.7. The van der Waals surface area contributed by atoms with E-state index in [1.165, 1.54) is 12.1 Å². The van der Waals surface area contributed by atoms with Crippen LogP contribution < -0.4 is 5.32 Å². The van der Waals surface area contributed by atoms with E-state index in [1.54, 1.807) is 23.7 Å². The molecule has 0 radical (unpaired) electrons. The average molecular weight is 345 g/mol. The molecule has 2 aromatic rings. The van der Waals surface area contributed by atoms with Gasteiger partial charge in [0, 0.05) is 11.3 Å². The number of aromatic nitrogens is 2. The van der Waals surface area contributed by atoms with Crippen LogP contribution in [0.3, 0.4) is 0 Å². The minimum atomic E-state index is -1.07. The first kappa shape index (κ1) is 17.1. The van der Waals surface area contributed by atoms with Crippen molar-refractivity contribution in [3.05, 3.63) is 47.0 Å². The Balaban J connectivity index is 2.00. The van der Waals surface area contributed by atoms with Gasteiger partial charge in [0.05, 0.1) is 5.69 Å². The molecule has 0 aliphatic heterocycles. The third-order valence-electron chi connectivity index (χ3n) is 4.46. The van der Waals surface area contributed by atoms with E-state index >= 15 is 0 Å². The molecule has 0 fully saturated rings. The van der Waals surface area contributed by atoms with E-state index in [1.807, 2.05) is 0 Å². The number of hydrogen-bond acceptors (Lipinski definition) is 3. The summed E-state index contributed by atoms with van der Waals surface area (Å²) < 4.78 is 15.2. The minimum Gasteiger partial charge on any atom is -0.480 e. The summed E-state index contributed by atoms with van der Waals surface area (Å²) >= 11 is 0. The van der Waals surface area contributed by atoms with Crippen LogP contribution in [0.4, 0.5) is 4.39 Å². The summed E-state index contributed by atoms with van der Waals surface area (Å²) in [6.07, 6.45) is 3.66. The van der Waals surface area contributed by atoms with Crippen LogP contribution in [0.25, 0.3) is 5.69 Å². The van der Waals surface area contributed by atoms with Crippen LogP contribution >= 0.6 is 0 Å². The number of halogens is 1. The van der Waals surface area contributed by atoms with Crippen molar-refractivity contribution >= 4 is 11.9 Å². The summed E-state index contributed by atoms with van der Waals surface area (Å²) in [7, 11) is 0. The molecule has 1 aliphatic rings. The SMILES string of the molecule is CCC(NC(=O)c1nn(-c2cccc(F)c2)c2c1CCCC2)C(=O)O. The second kappa shape index (κ2) is 7.04. The third kappa shape index (κ3) is 3.40. The molecule has 1 aromatic heterocycles. The normalized spacial score (nSPS) is 14.6. The number of carboxylic acids is 1. The van der Waals surface area contributed by atoms with Crippen LogP contribution in [-0.2, 0) is 17.6 Å². The lowest BCUT2D eigenvalue weighted by atomic mass is 9.95. The van der Waals surface area contributed by atoms with E-state index in [9.17, 15) is 14.0 Å². The lowest BCUT2D eigenvalue weighted by Gasteiger charge is -2.15. The molecule has 1 heterocycles. The second-order valence-corrected chi connectivity index (χ2v) is 6.15. The fraction of sp³-hybridized carbons (Fsp3) is 0.389. The van der Waals surface area contributed by atoms with E-state index in [2.05, 4.69) is 10.4 Å². The number of fused-ring (bicyclic) bond motifs is 1. The molecule has 0 spiro atoms. The number of benzene rings is 1. The molecule has 2 N–H and O–H groups in total. The monoisotopic (exact) mass is 345 g/mol. The summed E-state index contributed by atoms with van der Waals surface area (Å²) in [5, 5.41) is 16.1. The Labute approximate surface area is 144 Å². The van der Waals surface area contributed by atoms with Crippen molar-refractivity contribution < 1.29 is 19.1 Å². The fourth-order valence-electron chi connectivity index (χ4n) is 3.17. The minimum absolute atomic E-state index is 0.235. The van der Waals surface area contributed by atoms with E-state index in [-0.39, 0.29) is 17.9 Å². The number of nitrogens with one attached hydrogen (secondary N) is 1. The first-order chi connectivity index (χ1) is 12.0. The highest BCUT2D eigenvalue weighted by Crippen LogP contribution is 2.27. The van der Waals surface area contributed by atoms with E-state index in [0.717, 1.165) is 30.5 Å². The van der Waals surface area contributed by atoms with Gasteiger partial charge in [-0.1, -0.05) is 13.0 Å². The molecule has 0 saturated carbocycles. The molecular formula is C18H20FN3O3. The smallest absolute Gasteiger partial charge is 0.326 e. The number of nitrogens with zero attached hydrogens (tertiary/aromatic N) is 2. The first-order valence-corrected chi connectivity index (χ1v) is 8.41. The maximum absolute atomic E-state index is 13.6. The molecule has 1 amide bonds. The van der Waals surface area contributed by atoms with Crippen molar-refractivity contribution in [2.24, 2.45) is 0 Å². The molecule has 0 bridgehead atoms. The zero-order valence-electron chi connectivity index (χ0n) is 14.0. The summed E-state index contributed by atoms with van der Waals surface area (Å²) in [6.45, 7) is 1.69. The lowest BCUT2D eigenvalue weighted by Crippen LogP contribution is -2.40. The molecule has 132 valence electrons. The zero-order chi connectivity index (χ0) is 18.0. The van der Waals surface area contributed by atoms with Crippen molar-refractivity contribution in [2.45, 2.75) is 45.1 Å². The van der Waals surface area contributed by atoms with Crippen LogP contribution in [0, 0.1) is 5.82 Å². The highest BCUT2D eigenvalue weighted by atomic mass is 19.1. The molecule has 3 rings (SSSR count). The fourth-order valence-corrected chi connectivity index (χ4v) is 3.17. The number of carbonyl (C=O) groups is 2. The van der Waals surface area contributed by atoms with Gasteiger partial charge < -0.3 is 10.4 Å². The number of rotatable bonds is 5. The van der Waals surface area contributed by atoms with E-state index in [4.69, 9.17) is 5.11 Å². The van der Waals surface area contributed by atoms with Crippen molar-refractivity contribution in [1.82, 2.24) is 15.1 Å². The quantitative estimate of drug-likeness (QED) is 0.872. The summed E-state index contributed by atoms with van der Waals surface area (Å²) in [5.74, 6) is -1.95. The predicted octanol–water partition coefficient (Wildman–Crippen LogP) is 2.48. The maximum atomic E-state index is 13.6. The van der Waals surface area contributed by atoms with Crippen molar-refractivity contribution in [3.63, 3.8) is 0 Å². The third-order valence-corrected chi connectivity index (χ3v) is 4.46. The first-order valence-electron chi connectivity index (χ1n) is 8.41. The van der Waals surface area contributed by atoms with Gasteiger partial charge in [-0.25, -0.2) is 13.9 Å². The van der Waals surface area contributed by atoms with Crippen LogP contribution in [0.1, 0.15) is 47.9 Å². The molecule has 7 heteroatoms. The Hall–Kier alpha value is -2.70. The van der Waals surface area contributed by atoms with Crippen LogP contribution in [0.2, 0.25) is 0 Å². The van der Waals surface area contributed by atoms with Crippen LogP contribution in [0.15, 0.2) is 24.3 Å². The van der Waals surface area contributed by atoms with Gasteiger partial charge in [-0.3, -0.25) is 4.79 Å². The standard InChI is InChI=1S/C18H20FN3O3/c1-2-14(18(24)25)20-17(23)16-13-8-3-4-9-15(13)22(21-16)12-7-5-6-11(19)10-12/h5-7,10,14H,2-4,8-9H2,1H3,(H,20,23)(H,24,25). The van der Waals surface area contributed by atoms with Gasteiger partial charge >= 0.3 is 5.97 Å². The van der Waals surface area contributed by atoms with Crippen molar-refractivity contribution in [1.29, 1.82) is 0 Å². The highest BCUT2D eigenvalue weighted by molar-refractivity contribution is 5.96. The molecule has 1 aromatic carbocycles. The Morgan fingerprint density at radius 2 is 2.12 bits per heavy atom.